The van der Waals surface area contributed by atoms with Gasteiger partial charge in [0.25, 0.3) is 10.0 Å². The highest BCUT2D eigenvalue weighted by atomic mass is 35.5. The minimum Gasteiger partial charge on any atom is -0.443 e. The highest BCUT2D eigenvalue weighted by Gasteiger charge is 2.37. The van der Waals surface area contributed by atoms with E-state index in [0.717, 1.165) is 23.5 Å². The molecule has 0 saturated carbocycles. The van der Waals surface area contributed by atoms with Crippen LogP contribution in [-0.4, -0.2) is 25.1 Å². The molecule has 0 radical (unpaired) electrons. The van der Waals surface area contributed by atoms with Crippen LogP contribution in [0.4, 0.5) is 15.0 Å². The van der Waals surface area contributed by atoms with Gasteiger partial charge in [0, 0.05) is 10.4 Å². The van der Waals surface area contributed by atoms with Gasteiger partial charge in [0.2, 0.25) is 0 Å². The molecule has 0 aliphatic rings. The van der Waals surface area contributed by atoms with Gasteiger partial charge < -0.3 is 4.74 Å². The number of anilines is 1. The lowest BCUT2D eigenvalue weighted by Crippen LogP contribution is -2.41. The number of amides is 1. The number of thiazole rings is 1. The van der Waals surface area contributed by atoms with Crippen LogP contribution in [0.1, 0.15) is 20.8 Å². The van der Waals surface area contributed by atoms with Gasteiger partial charge >= 0.3 is 6.09 Å². The lowest BCUT2D eigenvalue weighted by molar-refractivity contribution is 0.0608. The van der Waals surface area contributed by atoms with Crippen molar-refractivity contribution in [2.45, 2.75) is 31.3 Å². The molecule has 0 fully saturated rings. The van der Waals surface area contributed by atoms with E-state index in [9.17, 15) is 17.6 Å². The molecular weight excluding hydrogens is 379 g/mol. The van der Waals surface area contributed by atoms with Crippen LogP contribution in [0.25, 0.3) is 0 Å². The summed E-state index contributed by atoms with van der Waals surface area (Å²) >= 11 is 6.84. The van der Waals surface area contributed by atoms with Gasteiger partial charge in [-0.3, -0.25) is 0 Å². The van der Waals surface area contributed by atoms with Crippen LogP contribution in [0, 0.1) is 5.82 Å². The zero-order valence-corrected chi connectivity index (χ0v) is 15.4. The number of benzene rings is 1. The maximum absolute atomic E-state index is 14.0. The van der Waals surface area contributed by atoms with Crippen LogP contribution in [-0.2, 0) is 14.8 Å². The first kappa shape index (κ1) is 18.6. The third-order valence-corrected chi connectivity index (χ3v) is 5.09. The van der Waals surface area contributed by atoms with E-state index < -0.39 is 32.4 Å². The van der Waals surface area contributed by atoms with Gasteiger partial charge in [-0.25, -0.2) is 22.6 Å². The van der Waals surface area contributed by atoms with E-state index in [2.05, 4.69) is 4.98 Å². The molecule has 1 heterocycles. The van der Waals surface area contributed by atoms with Crippen molar-refractivity contribution in [2.24, 2.45) is 0 Å². The first-order chi connectivity index (χ1) is 11.0. The van der Waals surface area contributed by atoms with E-state index in [1.54, 1.807) is 20.8 Å². The van der Waals surface area contributed by atoms with Crippen molar-refractivity contribution in [3.8, 4) is 0 Å². The fourth-order valence-electron chi connectivity index (χ4n) is 1.70. The van der Waals surface area contributed by atoms with Gasteiger partial charge in [0.1, 0.15) is 16.3 Å². The molecule has 1 aromatic heterocycles. The van der Waals surface area contributed by atoms with Crippen LogP contribution in [0.5, 0.6) is 0 Å². The van der Waals surface area contributed by atoms with Gasteiger partial charge in [-0.05, 0) is 39.0 Å². The highest BCUT2D eigenvalue weighted by molar-refractivity contribution is 7.93. The number of carbonyl (C=O) groups excluding carboxylic acids is 1. The average Bonchev–Trinajstić information content (AvgIpc) is 2.92. The van der Waals surface area contributed by atoms with E-state index in [0.29, 0.717) is 4.31 Å². The van der Waals surface area contributed by atoms with Crippen molar-refractivity contribution in [1.29, 1.82) is 0 Å². The molecule has 24 heavy (non-hydrogen) atoms. The average molecular weight is 393 g/mol. The summed E-state index contributed by atoms with van der Waals surface area (Å²) in [5, 5.41) is 1.35. The number of sulfonamides is 1. The summed E-state index contributed by atoms with van der Waals surface area (Å²) in [6, 6.07) is 3.04. The summed E-state index contributed by atoms with van der Waals surface area (Å²) in [7, 11) is -4.61. The molecule has 10 heteroatoms. The molecule has 0 spiro atoms. The number of halogens is 2. The first-order valence-electron chi connectivity index (χ1n) is 6.64. The predicted molar refractivity (Wildman–Crippen MR) is 89.4 cm³/mol. The second-order valence-electron chi connectivity index (χ2n) is 5.67. The summed E-state index contributed by atoms with van der Waals surface area (Å²) < 4.78 is 45.1. The lowest BCUT2D eigenvalue weighted by Gasteiger charge is -2.25. The molecule has 2 rings (SSSR count). The monoisotopic (exact) mass is 392 g/mol. The van der Waals surface area contributed by atoms with E-state index in [1.807, 2.05) is 0 Å². The highest BCUT2D eigenvalue weighted by Crippen LogP contribution is 2.29. The third kappa shape index (κ3) is 4.03. The quantitative estimate of drug-likeness (QED) is 0.787. The van der Waals surface area contributed by atoms with Crippen LogP contribution < -0.4 is 4.31 Å². The van der Waals surface area contributed by atoms with Crippen molar-refractivity contribution < 1.29 is 22.3 Å². The minimum atomic E-state index is -4.61. The number of aromatic nitrogens is 1. The van der Waals surface area contributed by atoms with Crippen LogP contribution in [0.3, 0.4) is 0 Å². The van der Waals surface area contributed by atoms with Crippen LogP contribution >= 0.6 is 22.9 Å². The molecule has 1 aromatic carbocycles. The van der Waals surface area contributed by atoms with Gasteiger partial charge in [-0.2, -0.15) is 0 Å². The number of rotatable bonds is 3. The molecule has 0 N–H and O–H groups in total. The Morgan fingerprint density at radius 2 is 2.04 bits per heavy atom. The van der Waals surface area contributed by atoms with E-state index in [1.165, 1.54) is 17.0 Å². The molecule has 2 aromatic rings. The Hall–Kier alpha value is -1.71. The molecule has 0 atom stereocenters. The van der Waals surface area contributed by atoms with Crippen molar-refractivity contribution in [1.82, 2.24) is 4.98 Å². The van der Waals surface area contributed by atoms with Gasteiger partial charge in [-0.15, -0.1) is 15.6 Å². The molecule has 0 aliphatic heterocycles. The Morgan fingerprint density at radius 1 is 1.38 bits per heavy atom. The number of hydrogen-bond donors (Lipinski definition) is 0. The topological polar surface area (TPSA) is 76.6 Å². The predicted octanol–water partition coefficient (Wildman–Crippen LogP) is 4.07. The number of hydrogen-bond acceptors (Lipinski definition) is 6. The minimum absolute atomic E-state index is 0.0115. The zero-order valence-electron chi connectivity index (χ0n) is 13.0. The standard InChI is InChI=1S/C14H14ClFN2O4S2/c1-14(2,3)22-13(19)18(12-7-23-8-17-12)24(20,21)11-6-9(15)4-5-10(11)16/h4-8H,1-3H3. The summed E-state index contributed by atoms with van der Waals surface area (Å²) in [6.45, 7) is 4.74. The Kier molecular flexibility index (Phi) is 5.17. The van der Waals surface area contributed by atoms with Crippen LogP contribution in [0.2, 0.25) is 5.02 Å². The lowest BCUT2D eigenvalue weighted by atomic mass is 10.2. The van der Waals surface area contributed by atoms with Crippen molar-refractivity contribution in [3.05, 3.63) is 39.9 Å². The largest absolute Gasteiger partial charge is 0.443 e. The first-order valence-corrected chi connectivity index (χ1v) is 9.40. The summed E-state index contributed by atoms with van der Waals surface area (Å²) in [4.78, 5) is 15.5. The SMILES string of the molecule is CC(C)(C)OC(=O)N(c1cscn1)S(=O)(=O)c1cc(Cl)ccc1F. The second kappa shape index (κ2) is 6.66. The summed E-state index contributed by atoms with van der Waals surface area (Å²) in [5.74, 6) is -1.23. The maximum Gasteiger partial charge on any atom is 0.430 e. The fraction of sp³-hybridized carbons (Fsp3) is 0.286. The molecular formula is C14H14ClFN2O4S2. The van der Waals surface area contributed by atoms with Crippen LogP contribution in [0.15, 0.2) is 34.0 Å². The Labute approximate surface area is 147 Å². The normalized spacial score (nSPS) is 12.0. The molecule has 130 valence electrons. The van der Waals surface area contributed by atoms with Crippen molar-refractivity contribution in [3.63, 3.8) is 0 Å². The maximum atomic E-state index is 14.0. The third-order valence-electron chi connectivity index (χ3n) is 2.60. The Bertz CT molecular complexity index is 848. The van der Waals surface area contributed by atoms with E-state index >= 15 is 0 Å². The van der Waals surface area contributed by atoms with Gasteiger partial charge in [0.15, 0.2) is 5.82 Å². The number of nitrogens with zero attached hydrogens (tertiary/aromatic N) is 2. The molecule has 0 bridgehead atoms. The molecule has 0 aliphatic carbocycles. The number of ether oxygens (including phenoxy) is 1. The van der Waals surface area contributed by atoms with Crippen molar-refractivity contribution >= 4 is 44.9 Å². The summed E-state index contributed by atoms with van der Waals surface area (Å²) in [6.07, 6.45) is -1.19. The van der Waals surface area contributed by atoms with E-state index in [4.69, 9.17) is 16.3 Å². The summed E-state index contributed by atoms with van der Waals surface area (Å²) in [5.41, 5.74) is 0.393. The fourth-order valence-corrected chi connectivity index (χ4v) is 3.89. The molecule has 6 nitrogen and oxygen atoms in total. The van der Waals surface area contributed by atoms with Crippen molar-refractivity contribution in [2.75, 3.05) is 4.31 Å². The smallest absolute Gasteiger partial charge is 0.430 e. The Balaban J connectivity index is 2.58. The molecule has 0 unspecified atom stereocenters. The Morgan fingerprint density at radius 3 is 2.58 bits per heavy atom. The van der Waals surface area contributed by atoms with Gasteiger partial charge in [-0.1, -0.05) is 11.6 Å². The molecule has 0 saturated heterocycles. The van der Waals surface area contributed by atoms with E-state index in [-0.39, 0.29) is 10.8 Å². The zero-order chi connectivity index (χ0) is 18.1. The second-order valence-corrected chi connectivity index (χ2v) is 8.58. The molecule has 1 amide bonds. The number of carbonyl (C=O) groups is 1. The van der Waals surface area contributed by atoms with Gasteiger partial charge in [0.05, 0.1) is 5.51 Å².